The lowest BCUT2D eigenvalue weighted by molar-refractivity contribution is 0.0951. The Balaban J connectivity index is 1.46. The number of hydrogen-bond donors (Lipinski definition) is 1. The Kier molecular flexibility index (Phi) is 7.00. The number of carbonyl (C=O) groups is 1. The standard InChI is InChI=1S/C26H29N5O2/c1-30(2)17-16-27-26(32)21-7-4-6-19(18-21)10-15-24-28-25-9-5-8-23(31(25)29-24)20-11-13-22(33-3)14-12-20/h4-9,11-14,18H,10,15-17H2,1-3H3,(H,27,32). The number of benzene rings is 2. The van der Waals surface area contributed by atoms with Crippen LogP contribution in [0.3, 0.4) is 0 Å². The van der Waals surface area contributed by atoms with Gasteiger partial charge in [0.2, 0.25) is 0 Å². The number of nitrogens with zero attached hydrogens (tertiary/aromatic N) is 4. The number of aryl methyl sites for hydroxylation is 2. The number of amides is 1. The van der Waals surface area contributed by atoms with Crippen LogP contribution in [-0.4, -0.2) is 59.7 Å². The van der Waals surface area contributed by atoms with Crippen LogP contribution < -0.4 is 10.1 Å². The lowest BCUT2D eigenvalue weighted by atomic mass is 10.1. The van der Waals surface area contributed by atoms with Crippen LogP contribution >= 0.6 is 0 Å². The van der Waals surface area contributed by atoms with E-state index in [0.717, 1.165) is 47.0 Å². The largest absolute Gasteiger partial charge is 0.497 e. The number of methoxy groups -OCH3 is 1. The first-order valence-electron chi connectivity index (χ1n) is 11.0. The topological polar surface area (TPSA) is 71.8 Å². The van der Waals surface area contributed by atoms with Crippen molar-refractivity contribution in [2.75, 3.05) is 34.3 Å². The third-order valence-electron chi connectivity index (χ3n) is 5.46. The molecule has 7 nitrogen and oxygen atoms in total. The van der Waals surface area contributed by atoms with Gasteiger partial charge in [-0.2, -0.15) is 5.10 Å². The zero-order valence-electron chi connectivity index (χ0n) is 19.3. The molecule has 0 spiro atoms. The van der Waals surface area contributed by atoms with Crippen molar-refractivity contribution in [3.63, 3.8) is 0 Å². The summed E-state index contributed by atoms with van der Waals surface area (Å²) >= 11 is 0. The van der Waals surface area contributed by atoms with Crippen LogP contribution in [-0.2, 0) is 12.8 Å². The van der Waals surface area contributed by atoms with Crippen molar-refractivity contribution in [3.8, 4) is 17.0 Å². The van der Waals surface area contributed by atoms with Gasteiger partial charge in [0.1, 0.15) is 5.75 Å². The highest BCUT2D eigenvalue weighted by Crippen LogP contribution is 2.23. The molecule has 0 radical (unpaired) electrons. The summed E-state index contributed by atoms with van der Waals surface area (Å²) in [4.78, 5) is 19.2. The highest BCUT2D eigenvalue weighted by molar-refractivity contribution is 5.94. The summed E-state index contributed by atoms with van der Waals surface area (Å²) < 4.78 is 7.14. The van der Waals surface area contributed by atoms with Gasteiger partial charge in [-0.05, 0) is 74.6 Å². The normalized spacial score (nSPS) is 11.2. The summed E-state index contributed by atoms with van der Waals surface area (Å²) in [6.07, 6.45) is 1.45. The quantitative estimate of drug-likeness (QED) is 0.429. The molecular formula is C26H29N5O2. The van der Waals surface area contributed by atoms with Gasteiger partial charge in [0.15, 0.2) is 11.5 Å². The van der Waals surface area contributed by atoms with E-state index in [1.54, 1.807) is 7.11 Å². The number of carbonyl (C=O) groups excluding carboxylic acids is 1. The number of fused-ring (bicyclic) bond motifs is 1. The average Bonchev–Trinajstić information content (AvgIpc) is 3.26. The van der Waals surface area contributed by atoms with Gasteiger partial charge in [0.05, 0.1) is 12.8 Å². The van der Waals surface area contributed by atoms with E-state index in [1.807, 2.05) is 90.2 Å². The molecule has 33 heavy (non-hydrogen) atoms. The molecule has 0 aliphatic carbocycles. The average molecular weight is 444 g/mol. The van der Waals surface area contributed by atoms with Gasteiger partial charge < -0.3 is 15.0 Å². The van der Waals surface area contributed by atoms with E-state index < -0.39 is 0 Å². The van der Waals surface area contributed by atoms with E-state index in [2.05, 4.69) is 5.32 Å². The number of ether oxygens (including phenoxy) is 1. The fourth-order valence-electron chi connectivity index (χ4n) is 3.66. The first-order chi connectivity index (χ1) is 16.0. The molecule has 0 saturated heterocycles. The molecule has 0 saturated carbocycles. The Morgan fingerprint density at radius 2 is 1.82 bits per heavy atom. The smallest absolute Gasteiger partial charge is 0.251 e. The molecule has 0 bridgehead atoms. The van der Waals surface area contributed by atoms with E-state index in [-0.39, 0.29) is 5.91 Å². The van der Waals surface area contributed by atoms with Crippen LogP contribution in [0.4, 0.5) is 0 Å². The van der Waals surface area contributed by atoms with E-state index in [1.165, 1.54) is 0 Å². The highest BCUT2D eigenvalue weighted by Gasteiger charge is 2.11. The zero-order valence-corrected chi connectivity index (χ0v) is 19.3. The maximum Gasteiger partial charge on any atom is 0.251 e. The van der Waals surface area contributed by atoms with E-state index in [4.69, 9.17) is 14.8 Å². The van der Waals surface area contributed by atoms with E-state index >= 15 is 0 Å². The molecule has 4 aromatic rings. The van der Waals surface area contributed by atoms with Crippen molar-refractivity contribution in [2.24, 2.45) is 0 Å². The molecule has 170 valence electrons. The Morgan fingerprint density at radius 3 is 2.58 bits per heavy atom. The predicted molar refractivity (Wildman–Crippen MR) is 130 cm³/mol. The second kappa shape index (κ2) is 10.3. The van der Waals surface area contributed by atoms with Crippen LogP contribution in [0, 0.1) is 0 Å². The van der Waals surface area contributed by atoms with Crippen molar-refractivity contribution in [2.45, 2.75) is 12.8 Å². The molecule has 0 unspecified atom stereocenters. The SMILES string of the molecule is COc1ccc(-c2cccc3nc(CCc4cccc(C(=O)NCCN(C)C)c4)nn23)cc1. The summed E-state index contributed by atoms with van der Waals surface area (Å²) in [5.74, 6) is 1.55. The molecule has 2 aromatic carbocycles. The summed E-state index contributed by atoms with van der Waals surface area (Å²) in [6.45, 7) is 1.43. The van der Waals surface area contributed by atoms with Crippen molar-refractivity contribution in [1.29, 1.82) is 0 Å². The number of nitrogens with one attached hydrogen (secondary N) is 1. The van der Waals surface area contributed by atoms with Gasteiger partial charge in [-0.1, -0.05) is 18.2 Å². The lowest BCUT2D eigenvalue weighted by Crippen LogP contribution is -2.31. The van der Waals surface area contributed by atoms with Gasteiger partial charge >= 0.3 is 0 Å². The van der Waals surface area contributed by atoms with Gasteiger partial charge in [-0.25, -0.2) is 9.50 Å². The molecule has 0 atom stereocenters. The molecule has 2 aromatic heterocycles. The number of rotatable bonds is 9. The number of aromatic nitrogens is 3. The number of likely N-dealkylation sites (N-methyl/N-ethyl adjacent to an activating group) is 1. The molecule has 2 heterocycles. The Bertz CT molecular complexity index is 1230. The van der Waals surface area contributed by atoms with Crippen LogP contribution in [0.5, 0.6) is 5.75 Å². The molecule has 0 aliphatic rings. The maximum atomic E-state index is 12.4. The van der Waals surface area contributed by atoms with Crippen molar-refractivity contribution in [3.05, 3.63) is 83.7 Å². The molecule has 0 fully saturated rings. The number of hydrogen-bond acceptors (Lipinski definition) is 5. The zero-order chi connectivity index (χ0) is 23.2. The summed E-state index contributed by atoms with van der Waals surface area (Å²) in [5, 5.41) is 7.71. The first kappa shape index (κ1) is 22.5. The van der Waals surface area contributed by atoms with Gasteiger partial charge in [0, 0.05) is 30.6 Å². The monoisotopic (exact) mass is 443 g/mol. The molecule has 4 rings (SSSR count). The highest BCUT2D eigenvalue weighted by atomic mass is 16.5. The molecule has 7 heteroatoms. The van der Waals surface area contributed by atoms with Crippen LogP contribution in [0.25, 0.3) is 16.9 Å². The van der Waals surface area contributed by atoms with E-state index in [0.29, 0.717) is 18.5 Å². The third-order valence-corrected chi connectivity index (χ3v) is 5.46. The molecule has 0 aliphatic heterocycles. The summed E-state index contributed by atoms with van der Waals surface area (Å²) in [6, 6.07) is 21.7. The van der Waals surface area contributed by atoms with Crippen molar-refractivity contribution in [1.82, 2.24) is 24.8 Å². The minimum atomic E-state index is -0.0475. The minimum absolute atomic E-state index is 0.0475. The predicted octanol–water partition coefficient (Wildman–Crippen LogP) is 3.48. The van der Waals surface area contributed by atoms with Gasteiger partial charge in [0.25, 0.3) is 5.91 Å². The van der Waals surface area contributed by atoms with Crippen molar-refractivity contribution < 1.29 is 9.53 Å². The number of pyridine rings is 1. The first-order valence-corrected chi connectivity index (χ1v) is 11.0. The van der Waals surface area contributed by atoms with Crippen LogP contribution in [0.1, 0.15) is 21.7 Å². The third kappa shape index (κ3) is 5.56. The Hall–Kier alpha value is -3.71. The van der Waals surface area contributed by atoms with Crippen LogP contribution in [0.2, 0.25) is 0 Å². The van der Waals surface area contributed by atoms with Crippen LogP contribution in [0.15, 0.2) is 66.7 Å². The van der Waals surface area contributed by atoms with Crippen molar-refractivity contribution >= 4 is 11.6 Å². The van der Waals surface area contributed by atoms with Gasteiger partial charge in [-0.3, -0.25) is 4.79 Å². The Morgan fingerprint density at radius 1 is 1.03 bits per heavy atom. The molecule has 1 amide bonds. The van der Waals surface area contributed by atoms with E-state index in [9.17, 15) is 4.79 Å². The second-order valence-electron chi connectivity index (χ2n) is 8.20. The Labute approximate surface area is 194 Å². The summed E-state index contributed by atoms with van der Waals surface area (Å²) in [7, 11) is 5.63. The molecule has 1 N–H and O–H groups in total. The fourth-order valence-corrected chi connectivity index (χ4v) is 3.66. The maximum absolute atomic E-state index is 12.4. The van der Waals surface area contributed by atoms with Gasteiger partial charge in [-0.15, -0.1) is 0 Å². The fraction of sp³-hybridized carbons (Fsp3) is 0.269. The molecular weight excluding hydrogens is 414 g/mol. The lowest BCUT2D eigenvalue weighted by Gasteiger charge is -2.10. The minimum Gasteiger partial charge on any atom is -0.497 e. The summed E-state index contributed by atoms with van der Waals surface area (Å²) in [5.41, 5.74) is 4.60. The second-order valence-corrected chi connectivity index (χ2v) is 8.20.